The van der Waals surface area contributed by atoms with Crippen LogP contribution in [0.1, 0.15) is 61.9 Å². The first-order valence-electron chi connectivity index (χ1n) is 9.48. The number of carbonyl (C=O) groups is 3. The van der Waals surface area contributed by atoms with Gasteiger partial charge in [0.1, 0.15) is 17.6 Å². The summed E-state index contributed by atoms with van der Waals surface area (Å²) in [6.07, 6.45) is 0.501. The van der Waals surface area contributed by atoms with Gasteiger partial charge in [-0.2, -0.15) is 0 Å². The SMILES string of the molecule is CC[C@@H](C)[C@@H](C(=O)O)N1C(=O)c2nc(NC(C)(C)C)c3ccc(Cl)cc3c2C1=O. The van der Waals surface area contributed by atoms with Crippen LogP contribution in [0.4, 0.5) is 5.82 Å². The number of aromatic nitrogens is 1. The molecule has 0 aliphatic carbocycles. The van der Waals surface area contributed by atoms with Crippen molar-refractivity contribution in [2.24, 2.45) is 5.92 Å². The lowest BCUT2D eigenvalue weighted by atomic mass is 9.97. The number of aliphatic carboxylic acids is 1. The standard InChI is InChI=1S/C21H24ClN3O4/c1-6-10(2)16(20(28)29)25-18(26)14-13-9-11(22)7-8-12(13)17(24-21(3,4)5)23-15(14)19(25)27/h7-10,16H,6H2,1-5H3,(H,23,24)(H,28,29)/t10-,16+/m1/s1. The van der Waals surface area contributed by atoms with Crippen LogP contribution in [0.25, 0.3) is 10.8 Å². The summed E-state index contributed by atoms with van der Waals surface area (Å²) in [5, 5.41) is 14.5. The molecule has 0 saturated heterocycles. The summed E-state index contributed by atoms with van der Waals surface area (Å²) in [5.74, 6) is -2.53. The van der Waals surface area contributed by atoms with Gasteiger partial charge in [0.15, 0.2) is 0 Å². The zero-order chi connectivity index (χ0) is 21.7. The number of amides is 2. The Hall–Kier alpha value is -2.67. The Kier molecular flexibility index (Phi) is 5.30. The molecule has 2 amide bonds. The quantitative estimate of drug-likeness (QED) is 0.707. The van der Waals surface area contributed by atoms with Gasteiger partial charge in [0, 0.05) is 21.3 Å². The number of hydrogen-bond acceptors (Lipinski definition) is 5. The predicted molar refractivity (Wildman–Crippen MR) is 112 cm³/mol. The topological polar surface area (TPSA) is 99.6 Å². The van der Waals surface area contributed by atoms with E-state index in [-0.39, 0.29) is 16.8 Å². The molecule has 2 atom stereocenters. The summed E-state index contributed by atoms with van der Waals surface area (Å²) in [6.45, 7) is 9.37. The van der Waals surface area contributed by atoms with Crippen molar-refractivity contribution in [2.45, 2.75) is 52.6 Å². The zero-order valence-electron chi connectivity index (χ0n) is 17.0. The summed E-state index contributed by atoms with van der Waals surface area (Å²) in [5.41, 5.74) is -0.299. The summed E-state index contributed by atoms with van der Waals surface area (Å²) < 4.78 is 0. The maximum Gasteiger partial charge on any atom is 0.327 e. The molecular formula is C21H24ClN3O4. The van der Waals surface area contributed by atoms with E-state index in [1.807, 2.05) is 27.7 Å². The number of rotatable bonds is 5. The Morgan fingerprint density at radius 1 is 1.24 bits per heavy atom. The van der Waals surface area contributed by atoms with Crippen LogP contribution in [0.5, 0.6) is 0 Å². The second-order valence-electron chi connectivity index (χ2n) is 8.40. The first kappa shape index (κ1) is 21.0. The minimum atomic E-state index is -1.26. The molecule has 2 heterocycles. The summed E-state index contributed by atoms with van der Waals surface area (Å²) in [6, 6.07) is 3.77. The molecule has 0 radical (unpaired) electrons. The largest absolute Gasteiger partial charge is 0.480 e. The molecule has 0 spiro atoms. The van der Waals surface area contributed by atoms with Gasteiger partial charge in [-0.05, 0) is 44.9 Å². The molecule has 8 heteroatoms. The van der Waals surface area contributed by atoms with Crippen molar-refractivity contribution in [3.63, 3.8) is 0 Å². The maximum absolute atomic E-state index is 13.2. The van der Waals surface area contributed by atoms with Crippen LogP contribution in [0.2, 0.25) is 5.02 Å². The van der Waals surface area contributed by atoms with E-state index in [2.05, 4.69) is 10.3 Å². The fourth-order valence-corrected chi connectivity index (χ4v) is 3.69. The summed E-state index contributed by atoms with van der Waals surface area (Å²) in [7, 11) is 0. The van der Waals surface area contributed by atoms with Gasteiger partial charge in [-0.25, -0.2) is 9.78 Å². The van der Waals surface area contributed by atoms with Crippen LogP contribution < -0.4 is 5.32 Å². The molecule has 1 aromatic heterocycles. The lowest BCUT2D eigenvalue weighted by molar-refractivity contribution is -0.143. The average Bonchev–Trinajstić information content (AvgIpc) is 2.85. The first-order valence-corrected chi connectivity index (χ1v) is 9.86. The highest BCUT2D eigenvalue weighted by atomic mass is 35.5. The van der Waals surface area contributed by atoms with Crippen molar-refractivity contribution in [2.75, 3.05) is 5.32 Å². The molecule has 29 heavy (non-hydrogen) atoms. The number of carboxylic acids is 1. The molecule has 7 nitrogen and oxygen atoms in total. The third-order valence-electron chi connectivity index (χ3n) is 5.03. The van der Waals surface area contributed by atoms with E-state index in [1.165, 1.54) is 0 Å². The number of anilines is 1. The second kappa shape index (κ2) is 7.30. The number of nitrogens with one attached hydrogen (secondary N) is 1. The van der Waals surface area contributed by atoms with Gasteiger partial charge in [0.2, 0.25) is 0 Å². The Labute approximate surface area is 174 Å². The van der Waals surface area contributed by atoms with Gasteiger partial charge in [-0.1, -0.05) is 31.9 Å². The Morgan fingerprint density at radius 2 is 1.90 bits per heavy atom. The number of pyridine rings is 1. The van der Waals surface area contributed by atoms with Crippen LogP contribution in [-0.4, -0.2) is 44.4 Å². The van der Waals surface area contributed by atoms with E-state index in [0.717, 1.165) is 4.90 Å². The van der Waals surface area contributed by atoms with Crippen LogP contribution in [0, 0.1) is 5.92 Å². The number of carboxylic acid groups (broad SMARTS) is 1. The van der Waals surface area contributed by atoms with Crippen molar-refractivity contribution in [1.29, 1.82) is 0 Å². The third kappa shape index (κ3) is 3.67. The van der Waals surface area contributed by atoms with Gasteiger partial charge < -0.3 is 10.4 Å². The van der Waals surface area contributed by atoms with E-state index >= 15 is 0 Å². The van der Waals surface area contributed by atoms with Crippen molar-refractivity contribution < 1.29 is 19.5 Å². The van der Waals surface area contributed by atoms with Crippen LogP contribution in [-0.2, 0) is 4.79 Å². The molecule has 3 rings (SSSR count). The van der Waals surface area contributed by atoms with Crippen molar-refractivity contribution in [3.05, 3.63) is 34.5 Å². The number of halogens is 1. The average molecular weight is 418 g/mol. The normalized spacial score (nSPS) is 16.1. The monoisotopic (exact) mass is 417 g/mol. The zero-order valence-corrected chi connectivity index (χ0v) is 17.8. The van der Waals surface area contributed by atoms with E-state index < -0.39 is 29.7 Å². The molecule has 1 aliphatic heterocycles. The number of benzene rings is 1. The molecule has 0 saturated carbocycles. The fraction of sp³-hybridized carbons (Fsp3) is 0.429. The Balaban J connectivity index is 2.26. The molecule has 0 fully saturated rings. The molecule has 0 unspecified atom stereocenters. The predicted octanol–water partition coefficient (Wildman–Crippen LogP) is 4.19. The van der Waals surface area contributed by atoms with Crippen LogP contribution in [0.3, 0.4) is 0 Å². The fourth-order valence-electron chi connectivity index (χ4n) is 3.52. The highest BCUT2D eigenvalue weighted by Crippen LogP contribution is 2.37. The van der Waals surface area contributed by atoms with E-state index in [1.54, 1.807) is 25.1 Å². The molecule has 154 valence electrons. The molecule has 1 aliphatic rings. The number of hydrogen-bond donors (Lipinski definition) is 2. The van der Waals surface area contributed by atoms with Gasteiger partial charge in [0.25, 0.3) is 11.8 Å². The van der Waals surface area contributed by atoms with Crippen LogP contribution >= 0.6 is 11.6 Å². The Bertz CT molecular complexity index is 1030. The van der Waals surface area contributed by atoms with Crippen molar-refractivity contribution in [3.8, 4) is 0 Å². The van der Waals surface area contributed by atoms with Gasteiger partial charge in [-0.3, -0.25) is 14.5 Å². The van der Waals surface area contributed by atoms with Crippen molar-refractivity contribution >= 4 is 46.0 Å². The van der Waals surface area contributed by atoms with E-state index in [9.17, 15) is 19.5 Å². The summed E-state index contributed by atoms with van der Waals surface area (Å²) >= 11 is 6.17. The molecule has 0 bridgehead atoms. The number of nitrogens with zero attached hydrogens (tertiary/aromatic N) is 2. The lowest BCUT2D eigenvalue weighted by Crippen LogP contribution is -2.48. The van der Waals surface area contributed by atoms with Gasteiger partial charge in [0.05, 0.1) is 5.56 Å². The molecule has 2 aromatic rings. The maximum atomic E-state index is 13.2. The second-order valence-corrected chi connectivity index (χ2v) is 8.83. The smallest absolute Gasteiger partial charge is 0.327 e. The molecule has 2 N–H and O–H groups in total. The van der Waals surface area contributed by atoms with Gasteiger partial charge >= 0.3 is 5.97 Å². The molecular weight excluding hydrogens is 394 g/mol. The lowest BCUT2D eigenvalue weighted by Gasteiger charge is -2.26. The summed E-state index contributed by atoms with van der Waals surface area (Å²) in [4.78, 5) is 43.5. The van der Waals surface area contributed by atoms with Crippen LogP contribution in [0.15, 0.2) is 18.2 Å². The number of fused-ring (bicyclic) bond motifs is 3. The Morgan fingerprint density at radius 3 is 2.45 bits per heavy atom. The van der Waals surface area contributed by atoms with E-state index in [0.29, 0.717) is 28.0 Å². The van der Waals surface area contributed by atoms with Crippen molar-refractivity contribution in [1.82, 2.24) is 9.88 Å². The van der Waals surface area contributed by atoms with E-state index in [4.69, 9.17) is 11.6 Å². The third-order valence-corrected chi connectivity index (χ3v) is 5.26. The minimum Gasteiger partial charge on any atom is -0.480 e. The minimum absolute atomic E-state index is 0.0499. The van der Waals surface area contributed by atoms with Gasteiger partial charge in [-0.15, -0.1) is 0 Å². The highest BCUT2D eigenvalue weighted by Gasteiger charge is 2.47. The number of imide groups is 1. The molecule has 1 aromatic carbocycles. The number of carbonyl (C=O) groups excluding carboxylic acids is 2. The highest BCUT2D eigenvalue weighted by molar-refractivity contribution is 6.33. The first-order chi connectivity index (χ1) is 13.5.